The summed E-state index contributed by atoms with van der Waals surface area (Å²) in [7, 11) is -0.131. The molecule has 0 saturated heterocycles. The molecule has 94 heavy (non-hydrogen) atoms. The molecule has 3 nitrogen and oxygen atoms in total. The van der Waals surface area contributed by atoms with E-state index in [4.69, 9.17) is 4.74 Å². The van der Waals surface area contributed by atoms with E-state index in [1.807, 2.05) is 42.5 Å². The molecule has 0 unspecified atom stereocenters. The molecule has 0 aromatic heterocycles. The van der Waals surface area contributed by atoms with Crippen LogP contribution < -0.4 is 73.7 Å². The fraction of sp³-hybridized carbons (Fsp3) is 0.0230. The van der Waals surface area contributed by atoms with Gasteiger partial charge in [-0.25, -0.2) is 0 Å². The number of rotatable bonds is 14. The summed E-state index contributed by atoms with van der Waals surface area (Å²) in [5, 5.41) is 19.6. The highest BCUT2D eigenvalue weighted by Crippen LogP contribution is 2.36. The van der Waals surface area contributed by atoms with Crippen LogP contribution >= 0.6 is 31.7 Å². The number of fused-ring (bicyclic) bond motifs is 1. The van der Waals surface area contributed by atoms with Gasteiger partial charge in [0.1, 0.15) is 5.75 Å². The predicted octanol–water partition coefficient (Wildman–Crippen LogP) is 16.6. The number of anilines is 1. The molecule has 14 aromatic rings. The number of hydrogen-bond donors (Lipinski definition) is 1. The average molecular weight is 1290 g/mol. The molecule has 7 heteroatoms. The third kappa shape index (κ3) is 18.4. The molecule has 1 heterocycles. The first-order valence-electron chi connectivity index (χ1n) is 31.4. The molecule has 0 aliphatic carbocycles. The van der Waals surface area contributed by atoms with Gasteiger partial charge in [0.05, 0.1) is 13.5 Å². The van der Waals surface area contributed by atoms with E-state index in [9.17, 15) is 4.79 Å². The number of methoxy groups -OCH3 is 1. The van der Waals surface area contributed by atoms with Crippen LogP contribution in [0.3, 0.4) is 0 Å². The second-order valence-electron chi connectivity index (χ2n) is 21.7. The van der Waals surface area contributed by atoms with E-state index < -0.39 is 31.7 Å². The molecular weight excluding hydrogens is 1210 g/mol. The summed E-state index contributed by atoms with van der Waals surface area (Å²) in [5.41, 5.74) is 4.20. The van der Waals surface area contributed by atoms with Crippen molar-refractivity contribution in [1.82, 2.24) is 0 Å². The van der Waals surface area contributed by atoms with Gasteiger partial charge in [0.15, 0.2) is 0 Å². The number of amides is 1. The van der Waals surface area contributed by atoms with Crippen LogP contribution in [-0.4, -0.2) is 13.0 Å². The maximum Gasteiger partial charge on any atom is 0.228 e. The van der Waals surface area contributed by atoms with Crippen LogP contribution in [0.2, 0.25) is 0 Å². The highest BCUT2D eigenvalue weighted by Gasteiger charge is 2.20. The number of carbonyl (C=O) groups is 1. The zero-order chi connectivity index (χ0) is 64.2. The second kappa shape index (κ2) is 35.2. The number of nitrogens with one attached hydrogen (secondary N) is 1. The zero-order valence-corrected chi connectivity index (χ0v) is 56.1. The van der Waals surface area contributed by atoms with Gasteiger partial charge in [0, 0.05) is 5.69 Å². The van der Waals surface area contributed by atoms with Gasteiger partial charge in [-0.05, 0) is 130 Å². The fourth-order valence-corrected chi connectivity index (χ4v) is 20.1. The van der Waals surface area contributed by atoms with Crippen molar-refractivity contribution in [2.75, 3.05) is 12.4 Å². The van der Waals surface area contributed by atoms with Gasteiger partial charge in [-0.2, -0.15) is 0 Å². The smallest absolute Gasteiger partial charge is 0.228 e. The minimum absolute atomic E-state index is 0.0666. The quantitative estimate of drug-likeness (QED) is 0.110. The molecule has 0 bridgehead atoms. The minimum Gasteiger partial charge on any atom is -0.497 e. The minimum atomic E-state index is -0.446. The highest BCUT2D eigenvalue weighted by molar-refractivity contribution is 7.81. The molecule has 1 N–H and O–H groups in total. The molecule has 0 saturated carbocycles. The summed E-state index contributed by atoms with van der Waals surface area (Å²) < 4.78 is 5.14. The van der Waals surface area contributed by atoms with Crippen molar-refractivity contribution in [1.29, 1.82) is 0 Å². The standard InChI is InChI=1S/4C18H15P.C15H13NO2/c4*1-4-10-16(11-5-1)19(17-12-6-2-7-13-17)18-14-8-3-9-15-18;1-18-13-6-4-10(5-7-13)11-2-3-12-9-15(17)16-14(12)8-11/h4*1-15H;2-8H,9H2,1H3,(H,16,17). The molecule has 1 aliphatic rings. The average Bonchev–Trinajstić information content (AvgIpc) is 1.12. The van der Waals surface area contributed by atoms with Crippen LogP contribution in [0.25, 0.3) is 11.1 Å². The Morgan fingerprint density at radius 3 is 0.628 bits per heavy atom. The van der Waals surface area contributed by atoms with E-state index in [0.29, 0.717) is 6.42 Å². The highest BCUT2D eigenvalue weighted by atomic mass is 31.1. The van der Waals surface area contributed by atoms with E-state index in [2.05, 4.69) is 369 Å². The van der Waals surface area contributed by atoms with Crippen LogP contribution in [-0.2, 0) is 11.2 Å². The lowest BCUT2D eigenvalue weighted by Crippen LogP contribution is -2.20. The number of benzene rings is 14. The van der Waals surface area contributed by atoms with Crippen LogP contribution in [0.1, 0.15) is 5.56 Å². The molecule has 0 spiro atoms. The van der Waals surface area contributed by atoms with Crippen LogP contribution in [0.15, 0.2) is 406 Å². The third-order valence-corrected chi connectivity index (χ3v) is 25.1. The monoisotopic (exact) mass is 1290 g/mol. The molecule has 14 aromatic carbocycles. The first-order valence-corrected chi connectivity index (χ1v) is 36.8. The molecule has 0 radical (unpaired) electrons. The van der Waals surface area contributed by atoms with Crippen molar-refractivity contribution in [3.63, 3.8) is 0 Å². The van der Waals surface area contributed by atoms with Gasteiger partial charge in [-0.3, -0.25) is 4.79 Å². The fourth-order valence-electron chi connectivity index (χ4n) is 10.9. The van der Waals surface area contributed by atoms with E-state index in [1.165, 1.54) is 63.7 Å². The second-order valence-corrected chi connectivity index (χ2v) is 30.6. The summed E-state index contributed by atoms with van der Waals surface area (Å²) in [6, 6.07) is 143. The Balaban J connectivity index is 0.000000120. The first kappa shape index (κ1) is 65.6. The molecule has 0 fully saturated rings. The largest absolute Gasteiger partial charge is 0.497 e. The van der Waals surface area contributed by atoms with E-state index in [1.54, 1.807) is 7.11 Å². The summed E-state index contributed by atoms with van der Waals surface area (Å²) in [6.45, 7) is 0. The van der Waals surface area contributed by atoms with E-state index in [-0.39, 0.29) is 5.91 Å². The third-order valence-electron chi connectivity index (χ3n) is 15.3. The Kier molecular flexibility index (Phi) is 24.6. The van der Waals surface area contributed by atoms with Gasteiger partial charge in [0.25, 0.3) is 0 Å². The summed E-state index contributed by atoms with van der Waals surface area (Å²) in [4.78, 5) is 11.3. The Labute approximate surface area is 560 Å². The Morgan fingerprint density at radius 1 is 0.245 bits per heavy atom. The summed E-state index contributed by atoms with van der Waals surface area (Å²) in [6.07, 6.45) is 0.484. The maximum atomic E-state index is 11.3. The normalized spacial score (nSPS) is 11.1. The molecular formula is C87H73NO2P4. The summed E-state index contributed by atoms with van der Waals surface area (Å²) >= 11 is 0. The van der Waals surface area contributed by atoms with Crippen LogP contribution in [0.5, 0.6) is 5.75 Å². The molecule has 1 amide bonds. The van der Waals surface area contributed by atoms with Gasteiger partial charge in [-0.1, -0.05) is 388 Å². The lowest BCUT2D eigenvalue weighted by atomic mass is 10.0. The van der Waals surface area contributed by atoms with E-state index >= 15 is 0 Å². The van der Waals surface area contributed by atoms with Crippen LogP contribution in [0, 0.1) is 0 Å². The van der Waals surface area contributed by atoms with Crippen molar-refractivity contribution in [2.24, 2.45) is 0 Å². The van der Waals surface area contributed by atoms with Crippen molar-refractivity contribution in [2.45, 2.75) is 6.42 Å². The van der Waals surface area contributed by atoms with Crippen molar-refractivity contribution in [3.8, 4) is 16.9 Å². The van der Waals surface area contributed by atoms with Crippen molar-refractivity contribution >= 4 is 107 Å². The van der Waals surface area contributed by atoms with Gasteiger partial charge >= 0.3 is 0 Å². The van der Waals surface area contributed by atoms with Crippen LogP contribution in [0.4, 0.5) is 5.69 Å². The first-order chi connectivity index (χ1) is 46.6. The van der Waals surface area contributed by atoms with E-state index in [0.717, 1.165) is 28.1 Å². The maximum absolute atomic E-state index is 11.3. The molecule has 1 aliphatic heterocycles. The van der Waals surface area contributed by atoms with Gasteiger partial charge in [-0.15, -0.1) is 0 Å². The topological polar surface area (TPSA) is 38.3 Å². The predicted molar refractivity (Wildman–Crippen MR) is 411 cm³/mol. The lowest BCUT2D eigenvalue weighted by Gasteiger charge is -2.18. The number of hydrogen-bond acceptors (Lipinski definition) is 2. The zero-order valence-electron chi connectivity index (χ0n) is 52.5. The molecule has 15 rings (SSSR count). The summed E-state index contributed by atoms with van der Waals surface area (Å²) in [5.74, 6) is 0.907. The SMILES string of the molecule is COc1ccc(-c2ccc3c(c2)NC(=O)C3)cc1.c1ccc(P(c2ccccc2)c2ccccc2)cc1.c1ccc(P(c2ccccc2)c2ccccc2)cc1.c1ccc(P(c2ccccc2)c2ccccc2)cc1.c1ccc(P(c2ccccc2)c2ccccc2)cc1. The van der Waals surface area contributed by atoms with Gasteiger partial charge < -0.3 is 10.1 Å². The Hall–Kier alpha value is -9.93. The molecule has 458 valence electrons. The molecule has 0 atom stereocenters. The number of ether oxygens (including phenoxy) is 1. The lowest BCUT2D eigenvalue weighted by molar-refractivity contribution is -0.115. The number of carbonyl (C=O) groups excluding carboxylic acids is 1. The van der Waals surface area contributed by atoms with Crippen molar-refractivity contribution in [3.05, 3.63) is 412 Å². The Morgan fingerprint density at radius 2 is 0.436 bits per heavy atom. The Bertz CT molecular complexity index is 3590. The van der Waals surface area contributed by atoms with Gasteiger partial charge in [0.2, 0.25) is 5.91 Å². The van der Waals surface area contributed by atoms with Crippen molar-refractivity contribution < 1.29 is 9.53 Å².